The molecule has 1 atom stereocenters. The van der Waals surface area contributed by atoms with Crippen LogP contribution in [0.25, 0.3) is 11.3 Å². The Kier molecular flexibility index (Phi) is 9.74. The van der Waals surface area contributed by atoms with Crippen molar-refractivity contribution in [1.82, 2.24) is 30.1 Å². The molecular formula is C41H36FN9O5. The van der Waals surface area contributed by atoms with Crippen LogP contribution in [-0.4, -0.2) is 86.5 Å². The number of imide groups is 2. The number of fused-ring (bicyclic) bond motifs is 1. The average Bonchev–Trinajstić information content (AvgIpc) is 3.46. The van der Waals surface area contributed by atoms with Crippen LogP contribution in [0.3, 0.4) is 0 Å². The Labute approximate surface area is 320 Å². The molecule has 2 fully saturated rings. The molecule has 8 rings (SSSR count). The van der Waals surface area contributed by atoms with E-state index in [1.807, 2.05) is 55.5 Å². The monoisotopic (exact) mass is 753 g/mol. The number of hydrogen-bond acceptors (Lipinski definition) is 11. The lowest BCUT2D eigenvalue weighted by Gasteiger charge is -2.36. The van der Waals surface area contributed by atoms with Gasteiger partial charge >= 0.3 is 0 Å². The summed E-state index contributed by atoms with van der Waals surface area (Å²) in [6, 6.07) is 20.3. The van der Waals surface area contributed by atoms with Crippen LogP contribution in [0.2, 0.25) is 0 Å². The number of piperidine rings is 1. The number of rotatable bonds is 9. The van der Waals surface area contributed by atoms with Crippen molar-refractivity contribution in [2.45, 2.75) is 32.4 Å². The van der Waals surface area contributed by atoms with Crippen LogP contribution in [0.4, 0.5) is 27.4 Å². The van der Waals surface area contributed by atoms with E-state index in [-0.39, 0.29) is 42.0 Å². The van der Waals surface area contributed by atoms with E-state index in [1.165, 1.54) is 12.1 Å². The second-order valence-electron chi connectivity index (χ2n) is 13.8. The molecule has 5 aromatic rings. The van der Waals surface area contributed by atoms with Crippen LogP contribution in [0.5, 0.6) is 0 Å². The van der Waals surface area contributed by atoms with Gasteiger partial charge in [-0.05, 0) is 79.6 Å². The lowest BCUT2D eigenvalue weighted by Crippen LogP contribution is -2.54. The lowest BCUT2D eigenvalue weighted by molar-refractivity contribution is -0.136. The third-order valence-electron chi connectivity index (χ3n) is 10.2. The van der Waals surface area contributed by atoms with Gasteiger partial charge < -0.3 is 15.5 Å². The first-order valence-electron chi connectivity index (χ1n) is 18.2. The van der Waals surface area contributed by atoms with Gasteiger partial charge in [0, 0.05) is 91.5 Å². The first-order chi connectivity index (χ1) is 27.1. The first kappa shape index (κ1) is 36.1. The Morgan fingerprint density at radius 2 is 1.73 bits per heavy atom. The van der Waals surface area contributed by atoms with Gasteiger partial charge in [0.05, 0.1) is 16.8 Å². The summed E-state index contributed by atoms with van der Waals surface area (Å²) in [5, 5.41) is 8.38. The fourth-order valence-electron chi connectivity index (χ4n) is 7.16. The Morgan fingerprint density at radius 1 is 0.929 bits per heavy atom. The standard InChI is InChI=1S/C41H36FN9O5/c1-24-4-8-28(21-32(24)47-41-44-16-14-31(46-41)26-3-2-15-43-22-26)45-37(53)25-5-9-29(10-6-25)50-19-17-49(18-20-50)23-27-7-11-30-35(36(27)42)40(56)51(39(30)55)33-12-13-34(52)48-38(33)54/h2-11,14-16,21-22,33H,12-13,17-20,23H2,1H3,(H,45,53)(H,44,46,47)(H,48,52,54). The molecule has 282 valence electrons. The molecule has 3 aliphatic heterocycles. The highest BCUT2D eigenvalue weighted by Gasteiger charge is 2.46. The number of aryl methyl sites for hydroxylation is 1. The zero-order chi connectivity index (χ0) is 38.9. The molecule has 3 aromatic carbocycles. The first-order valence-corrected chi connectivity index (χ1v) is 18.2. The molecule has 15 heteroatoms. The van der Waals surface area contributed by atoms with Crippen molar-refractivity contribution in [3.63, 3.8) is 0 Å². The van der Waals surface area contributed by atoms with Crippen molar-refractivity contribution in [3.8, 4) is 11.3 Å². The molecule has 56 heavy (non-hydrogen) atoms. The molecule has 5 heterocycles. The van der Waals surface area contributed by atoms with E-state index >= 15 is 4.39 Å². The van der Waals surface area contributed by atoms with E-state index in [2.05, 4.69) is 40.7 Å². The molecule has 2 saturated heterocycles. The summed E-state index contributed by atoms with van der Waals surface area (Å²) in [7, 11) is 0. The van der Waals surface area contributed by atoms with Crippen LogP contribution < -0.4 is 20.9 Å². The van der Waals surface area contributed by atoms with Crippen molar-refractivity contribution in [2.24, 2.45) is 0 Å². The van der Waals surface area contributed by atoms with Crippen molar-refractivity contribution in [2.75, 3.05) is 41.7 Å². The largest absolute Gasteiger partial charge is 0.369 e. The van der Waals surface area contributed by atoms with Crippen molar-refractivity contribution < 1.29 is 28.4 Å². The van der Waals surface area contributed by atoms with Crippen LogP contribution in [-0.2, 0) is 16.1 Å². The van der Waals surface area contributed by atoms with Gasteiger partial charge in [-0.1, -0.05) is 12.1 Å². The van der Waals surface area contributed by atoms with E-state index in [4.69, 9.17) is 0 Å². The maximum atomic E-state index is 15.8. The van der Waals surface area contributed by atoms with Gasteiger partial charge in [-0.2, -0.15) is 0 Å². The Bertz CT molecular complexity index is 2380. The van der Waals surface area contributed by atoms with Gasteiger partial charge in [0.15, 0.2) is 0 Å². The Hall–Kier alpha value is -6.87. The molecule has 0 saturated carbocycles. The minimum absolute atomic E-state index is 0.00126. The highest BCUT2D eigenvalue weighted by atomic mass is 19.1. The van der Waals surface area contributed by atoms with Crippen molar-refractivity contribution >= 4 is 52.5 Å². The third-order valence-corrected chi connectivity index (χ3v) is 10.2. The zero-order valence-corrected chi connectivity index (χ0v) is 30.3. The zero-order valence-electron chi connectivity index (χ0n) is 30.3. The number of pyridine rings is 1. The molecule has 0 radical (unpaired) electrons. The number of halogens is 1. The number of hydrogen-bond donors (Lipinski definition) is 3. The number of carbonyl (C=O) groups excluding carboxylic acids is 5. The van der Waals surface area contributed by atoms with E-state index in [9.17, 15) is 24.0 Å². The number of amides is 5. The quantitative estimate of drug-likeness (QED) is 0.178. The highest BCUT2D eigenvalue weighted by Crippen LogP contribution is 2.32. The summed E-state index contributed by atoms with van der Waals surface area (Å²) >= 11 is 0. The number of carbonyl (C=O) groups is 5. The number of anilines is 4. The molecule has 14 nitrogen and oxygen atoms in total. The topological polar surface area (TPSA) is 170 Å². The summed E-state index contributed by atoms with van der Waals surface area (Å²) in [6.07, 6.45) is 5.10. The molecule has 2 aromatic heterocycles. The van der Waals surface area contributed by atoms with E-state index in [1.54, 1.807) is 30.7 Å². The molecule has 5 amide bonds. The van der Waals surface area contributed by atoms with Crippen molar-refractivity contribution in [1.29, 1.82) is 0 Å². The van der Waals surface area contributed by atoms with Crippen LogP contribution in [0.1, 0.15) is 55.0 Å². The minimum Gasteiger partial charge on any atom is -0.369 e. The van der Waals surface area contributed by atoms with Crippen LogP contribution >= 0.6 is 0 Å². The molecule has 0 spiro atoms. The van der Waals surface area contributed by atoms with Gasteiger partial charge in [-0.25, -0.2) is 14.4 Å². The smallest absolute Gasteiger partial charge is 0.265 e. The second kappa shape index (κ2) is 15.1. The van der Waals surface area contributed by atoms with Gasteiger partial charge in [-0.3, -0.25) is 44.1 Å². The van der Waals surface area contributed by atoms with E-state index in [0.717, 1.165) is 33.1 Å². The fourth-order valence-corrected chi connectivity index (χ4v) is 7.16. The summed E-state index contributed by atoms with van der Waals surface area (Å²) in [5.74, 6) is -3.44. The third kappa shape index (κ3) is 7.19. The fraction of sp³-hybridized carbons (Fsp3) is 0.220. The highest BCUT2D eigenvalue weighted by molar-refractivity contribution is 6.23. The predicted octanol–water partition coefficient (Wildman–Crippen LogP) is 4.71. The molecule has 0 bridgehead atoms. The minimum atomic E-state index is -1.16. The summed E-state index contributed by atoms with van der Waals surface area (Å²) in [5.41, 5.74) is 5.20. The van der Waals surface area contributed by atoms with E-state index in [0.29, 0.717) is 43.4 Å². The molecular weight excluding hydrogens is 718 g/mol. The number of nitrogens with one attached hydrogen (secondary N) is 3. The maximum Gasteiger partial charge on any atom is 0.265 e. The van der Waals surface area contributed by atoms with Gasteiger partial charge in [0.1, 0.15) is 11.9 Å². The Balaban J connectivity index is 0.861. The SMILES string of the molecule is Cc1ccc(NC(=O)c2ccc(N3CCN(Cc4ccc5c(c4F)C(=O)N(C4CCC(=O)NC4=O)C5=O)CC3)cc2)cc1Nc1nccc(-c2cccnc2)n1. The molecule has 1 unspecified atom stereocenters. The molecule has 3 aliphatic rings. The molecule has 3 N–H and O–H groups in total. The summed E-state index contributed by atoms with van der Waals surface area (Å²) in [6.45, 7) is 4.69. The summed E-state index contributed by atoms with van der Waals surface area (Å²) < 4.78 is 15.8. The number of benzene rings is 3. The number of aromatic nitrogens is 3. The van der Waals surface area contributed by atoms with Gasteiger partial charge in [0.25, 0.3) is 17.7 Å². The van der Waals surface area contributed by atoms with Crippen LogP contribution in [0, 0.1) is 12.7 Å². The normalized spacial score (nSPS) is 17.1. The van der Waals surface area contributed by atoms with Crippen molar-refractivity contribution in [3.05, 3.63) is 125 Å². The van der Waals surface area contributed by atoms with Gasteiger partial charge in [0.2, 0.25) is 17.8 Å². The van der Waals surface area contributed by atoms with Crippen LogP contribution in [0.15, 0.2) is 91.4 Å². The lowest BCUT2D eigenvalue weighted by atomic mass is 10.0. The number of piperazine rings is 1. The summed E-state index contributed by atoms with van der Waals surface area (Å²) in [4.78, 5) is 81.7. The molecule has 0 aliphatic carbocycles. The average molecular weight is 754 g/mol. The predicted molar refractivity (Wildman–Crippen MR) is 205 cm³/mol. The number of nitrogens with zero attached hydrogens (tertiary/aromatic N) is 6. The second-order valence-corrected chi connectivity index (χ2v) is 13.8. The maximum absolute atomic E-state index is 15.8. The Morgan fingerprint density at radius 3 is 2.48 bits per heavy atom. The van der Waals surface area contributed by atoms with Gasteiger partial charge in [-0.15, -0.1) is 0 Å². The van der Waals surface area contributed by atoms with E-state index < -0.39 is 35.5 Å².